The van der Waals surface area contributed by atoms with E-state index in [1.165, 1.54) is 11.3 Å². The van der Waals surface area contributed by atoms with Crippen LogP contribution in [0.4, 0.5) is 0 Å². The van der Waals surface area contributed by atoms with E-state index in [1.54, 1.807) is 18.5 Å². The molecule has 0 bridgehead atoms. The van der Waals surface area contributed by atoms with Crippen molar-refractivity contribution in [1.29, 1.82) is 0 Å². The van der Waals surface area contributed by atoms with Gasteiger partial charge in [0.15, 0.2) is 0 Å². The highest BCUT2D eigenvalue weighted by Crippen LogP contribution is 2.43. The summed E-state index contributed by atoms with van der Waals surface area (Å²) >= 11 is 20.9. The zero-order chi connectivity index (χ0) is 28.5. The molecule has 2 amide bonds. The number of aromatic nitrogens is 1. The van der Waals surface area contributed by atoms with Gasteiger partial charge in [-0.3, -0.25) is 14.6 Å². The van der Waals surface area contributed by atoms with Crippen LogP contribution in [0.2, 0.25) is 15.1 Å². The van der Waals surface area contributed by atoms with Crippen molar-refractivity contribution >= 4 is 68.0 Å². The van der Waals surface area contributed by atoms with Crippen LogP contribution >= 0.6 is 46.1 Å². The molecule has 2 aliphatic carbocycles. The topological polar surface area (TPSA) is 62.3 Å². The van der Waals surface area contributed by atoms with Crippen LogP contribution in [0.1, 0.15) is 60.2 Å². The molecular formula is C32H30Cl3N3O2S. The SMILES string of the molecule is O=C(NC1CCC(N(Cc2cccc(-c3ccncc3)c2)C(=O)c2sc3c(Cl)c(Cl)ccc3c2Cl)CC1)C1CCC1. The maximum Gasteiger partial charge on any atom is 0.266 e. The Kier molecular flexibility index (Phi) is 8.55. The van der Waals surface area contributed by atoms with Crippen LogP contribution in [0, 0.1) is 5.92 Å². The number of thiophene rings is 1. The number of fused-ring (bicyclic) bond motifs is 1. The molecule has 0 radical (unpaired) electrons. The zero-order valence-corrected chi connectivity index (χ0v) is 25.5. The number of hydrogen-bond donors (Lipinski definition) is 1. The number of nitrogens with one attached hydrogen (secondary N) is 1. The number of amides is 2. The molecule has 9 heteroatoms. The van der Waals surface area contributed by atoms with Gasteiger partial charge < -0.3 is 10.2 Å². The Morgan fingerprint density at radius 2 is 1.66 bits per heavy atom. The van der Waals surface area contributed by atoms with Crippen molar-refractivity contribution in [3.05, 3.63) is 86.4 Å². The average Bonchev–Trinajstić information content (AvgIpc) is 3.30. The van der Waals surface area contributed by atoms with E-state index in [-0.39, 0.29) is 29.8 Å². The number of rotatable bonds is 7. The van der Waals surface area contributed by atoms with E-state index < -0.39 is 0 Å². The van der Waals surface area contributed by atoms with E-state index in [9.17, 15) is 9.59 Å². The highest BCUT2D eigenvalue weighted by molar-refractivity contribution is 7.22. The first kappa shape index (κ1) is 28.5. The predicted octanol–water partition coefficient (Wildman–Crippen LogP) is 8.79. The lowest BCUT2D eigenvalue weighted by atomic mass is 9.83. The number of carbonyl (C=O) groups is 2. The van der Waals surface area contributed by atoms with Crippen LogP contribution in [-0.4, -0.2) is 33.8 Å². The Hall–Kier alpha value is -2.64. The number of halogens is 3. The summed E-state index contributed by atoms with van der Waals surface area (Å²) in [5.41, 5.74) is 3.17. The van der Waals surface area contributed by atoms with Crippen LogP contribution in [-0.2, 0) is 11.3 Å². The molecule has 0 unspecified atom stereocenters. The standard InChI is InChI=1S/C32H30Cl3N3O2S/c33-26-12-11-25-27(34)30(41-29(25)28(26)35)32(40)38(18-19-3-1-6-22(17-19)20-13-15-36-16-14-20)24-9-7-23(8-10-24)37-31(39)21-4-2-5-21/h1,3,6,11-17,21,23-24H,2,4-5,7-10,18H2,(H,37,39). The first-order valence-electron chi connectivity index (χ1n) is 14.1. The average molecular weight is 627 g/mol. The first-order valence-corrected chi connectivity index (χ1v) is 16.0. The number of carbonyl (C=O) groups excluding carboxylic acids is 2. The summed E-state index contributed by atoms with van der Waals surface area (Å²) in [7, 11) is 0. The molecule has 5 nitrogen and oxygen atoms in total. The van der Waals surface area contributed by atoms with Gasteiger partial charge in [0.2, 0.25) is 5.91 Å². The van der Waals surface area contributed by atoms with Crippen molar-refractivity contribution in [1.82, 2.24) is 15.2 Å². The zero-order valence-electron chi connectivity index (χ0n) is 22.4. The Balaban J connectivity index is 1.28. The van der Waals surface area contributed by atoms with Crippen LogP contribution in [0.5, 0.6) is 0 Å². The van der Waals surface area contributed by atoms with Gasteiger partial charge in [-0.2, -0.15) is 0 Å². The Labute approximate surface area is 258 Å². The first-order chi connectivity index (χ1) is 19.9. The molecule has 2 aromatic carbocycles. The molecule has 2 fully saturated rings. The quantitative estimate of drug-likeness (QED) is 0.223. The van der Waals surface area contributed by atoms with Gasteiger partial charge >= 0.3 is 0 Å². The van der Waals surface area contributed by atoms with Gasteiger partial charge in [0, 0.05) is 42.3 Å². The third kappa shape index (κ3) is 5.98. The maximum absolute atomic E-state index is 14.3. The fourth-order valence-electron chi connectivity index (χ4n) is 5.82. The third-order valence-electron chi connectivity index (χ3n) is 8.40. The summed E-state index contributed by atoms with van der Waals surface area (Å²) in [5.74, 6) is 0.252. The minimum absolute atomic E-state index is 0.0178. The highest BCUT2D eigenvalue weighted by Gasteiger charge is 2.34. The summed E-state index contributed by atoms with van der Waals surface area (Å²) < 4.78 is 0.717. The number of hydrogen-bond acceptors (Lipinski definition) is 4. The van der Waals surface area contributed by atoms with Gasteiger partial charge in [0.1, 0.15) is 4.88 Å². The molecule has 41 heavy (non-hydrogen) atoms. The molecule has 0 spiro atoms. The molecule has 1 N–H and O–H groups in total. The van der Waals surface area contributed by atoms with Crippen LogP contribution in [0.3, 0.4) is 0 Å². The van der Waals surface area contributed by atoms with Crippen LogP contribution in [0.15, 0.2) is 60.9 Å². The van der Waals surface area contributed by atoms with Gasteiger partial charge in [-0.15, -0.1) is 11.3 Å². The van der Waals surface area contributed by atoms with Crippen molar-refractivity contribution < 1.29 is 9.59 Å². The van der Waals surface area contributed by atoms with E-state index >= 15 is 0 Å². The normalized spacial score (nSPS) is 19.1. The molecule has 2 heterocycles. The number of nitrogens with zero attached hydrogens (tertiary/aromatic N) is 2. The van der Waals surface area contributed by atoms with E-state index in [0.717, 1.165) is 71.7 Å². The fraction of sp³-hybridized carbons (Fsp3) is 0.344. The lowest BCUT2D eigenvalue weighted by Gasteiger charge is -2.38. The highest BCUT2D eigenvalue weighted by atomic mass is 35.5. The van der Waals surface area contributed by atoms with E-state index in [1.807, 2.05) is 29.2 Å². The van der Waals surface area contributed by atoms with Gasteiger partial charge in [-0.25, -0.2) is 0 Å². The Morgan fingerprint density at radius 3 is 2.37 bits per heavy atom. The lowest BCUT2D eigenvalue weighted by Crippen LogP contribution is -2.47. The van der Waals surface area contributed by atoms with Gasteiger partial charge in [-0.1, -0.05) is 65.5 Å². The third-order valence-corrected chi connectivity index (χ3v) is 11.0. The molecule has 4 aromatic rings. The van der Waals surface area contributed by atoms with E-state index in [2.05, 4.69) is 28.5 Å². The summed E-state index contributed by atoms with van der Waals surface area (Å²) in [5, 5.41) is 5.25. The number of benzene rings is 2. The molecule has 2 aromatic heterocycles. The second-order valence-corrected chi connectivity index (χ2v) is 13.2. The molecule has 0 aliphatic heterocycles. The van der Waals surface area contributed by atoms with Crippen molar-refractivity contribution in [3.63, 3.8) is 0 Å². The maximum atomic E-state index is 14.3. The van der Waals surface area contributed by atoms with Crippen molar-refractivity contribution in [3.8, 4) is 11.1 Å². The Bertz CT molecular complexity index is 1580. The summed E-state index contributed by atoms with van der Waals surface area (Å²) in [6.07, 6.45) is 9.97. The second-order valence-electron chi connectivity index (χ2n) is 11.0. The molecule has 2 saturated carbocycles. The molecule has 0 atom stereocenters. The largest absolute Gasteiger partial charge is 0.353 e. The van der Waals surface area contributed by atoms with Gasteiger partial charge in [-0.05, 0) is 79.5 Å². The van der Waals surface area contributed by atoms with Gasteiger partial charge in [0.05, 0.1) is 19.8 Å². The van der Waals surface area contributed by atoms with Crippen LogP contribution < -0.4 is 5.32 Å². The number of pyridine rings is 1. The smallest absolute Gasteiger partial charge is 0.266 e. The van der Waals surface area contributed by atoms with Gasteiger partial charge in [0.25, 0.3) is 5.91 Å². The van der Waals surface area contributed by atoms with E-state index in [0.29, 0.717) is 26.5 Å². The minimum atomic E-state index is -0.111. The van der Waals surface area contributed by atoms with Crippen molar-refractivity contribution in [2.45, 2.75) is 63.6 Å². The molecule has 6 rings (SSSR count). The van der Waals surface area contributed by atoms with E-state index in [4.69, 9.17) is 34.8 Å². The molecular weight excluding hydrogens is 597 g/mol. The molecule has 2 aliphatic rings. The monoisotopic (exact) mass is 625 g/mol. The lowest BCUT2D eigenvalue weighted by molar-refractivity contribution is -0.128. The summed E-state index contributed by atoms with van der Waals surface area (Å²) in [4.78, 5) is 33.4. The Morgan fingerprint density at radius 1 is 0.902 bits per heavy atom. The second kappa shape index (κ2) is 12.3. The predicted molar refractivity (Wildman–Crippen MR) is 168 cm³/mol. The summed E-state index contributed by atoms with van der Waals surface area (Å²) in [6, 6.07) is 15.9. The van der Waals surface area contributed by atoms with Crippen molar-refractivity contribution in [2.24, 2.45) is 5.92 Å². The van der Waals surface area contributed by atoms with Crippen molar-refractivity contribution in [2.75, 3.05) is 0 Å². The molecule has 212 valence electrons. The van der Waals surface area contributed by atoms with Crippen LogP contribution in [0.25, 0.3) is 21.2 Å². The summed E-state index contributed by atoms with van der Waals surface area (Å²) in [6.45, 7) is 0.445. The fourth-order valence-corrected chi connectivity index (χ4v) is 7.81. The molecule has 0 saturated heterocycles. The minimum Gasteiger partial charge on any atom is -0.353 e.